The quantitative estimate of drug-likeness (QED) is 0.252. The summed E-state index contributed by atoms with van der Waals surface area (Å²) in [5.74, 6) is -2.39. The lowest BCUT2D eigenvalue weighted by atomic mass is 9.63. The van der Waals surface area contributed by atoms with Crippen LogP contribution in [0.1, 0.15) is 37.4 Å². The summed E-state index contributed by atoms with van der Waals surface area (Å²) in [5, 5.41) is 29.1. The Hall–Kier alpha value is -3.73. The van der Waals surface area contributed by atoms with Crippen molar-refractivity contribution in [2.45, 2.75) is 43.5 Å². The molecule has 3 N–H and O–H groups in total. The van der Waals surface area contributed by atoms with Crippen molar-refractivity contribution in [1.82, 2.24) is 14.8 Å². The fourth-order valence-corrected chi connectivity index (χ4v) is 5.15. The second-order valence-corrected chi connectivity index (χ2v) is 9.55. The predicted molar refractivity (Wildman–Crippen MR) is 122 cm³/mol. The first-order valence-corrected chi connectivity index (χ1v) is 11.0. The number of nitrogens with one attached hydrogen (secondary N) is 1. The van der Waals surface area contributed by atoms with Crippen molar-refractivity contribution in [1.29, 1.82) is 0 Å². The standard InChI is InChI=1S/C25H21F5N4O2/c1-23(2)12-24(36,25(28,29)30)22(14-7-8-16(26)21(35)20(14)23)33-17-4-3-5-18-15(17)11-32-34(18)13-6-9-19(27)31-10-13/h3-11,22,33,35-36H,12H2,1-2H3/t22-,24+/m0/s1. The summed E-state index contributed by atoms with van der Waals surface area (Å²) in [6, 6.07) is 7.64. The van der Waals surface area contributed by atoms with E-state index in [2.05, 4.69) is 15.4 Å². The number of benzene rings is 2. The highest BCUT2D eigenvalue weighted by Crippen LogP contribution is 2.56. The van der Waals surface area contributed by atoms with Crippen LogP contribution in [0.4, 0.5) is 27.6 Å². The summed E-state index contributed by atoms with van der Waals surface area (Å²) < 4.78 is 72.1. The first kappa shape index (κ1) is 24.0. The lowest BCUT2D eigenvalue weighted by Crippen LogP contribution is -2.58. The third-order valence-electron chi connectivity index (χ3n) is 6.70. The predicted octanol–water partition coefficient (Wildman–Crippen LogP) is 5.53. The minimum absolute atomic E-state index is 0.00539. The number of pyridine rings is 1. The number of hydrogen-bond acceptors (Lipinski definition) is 5. The molecule has 1 aliphatic carbocycles. The van der Waals surface area contributed by atoms with E-state index in [9.17, 15) is 32.2 Å². The van der Waals surface area contributed by atoms with Gasteiger partial charge in [-0.05, 0) is 47.7 Å². The van der Waals surface area contributed by atoms with Crippen molar-refractivity contribution in [3.63, 3.8) is 0 Å². The number of rotatable bonds is 3. The Morgan fingerprint density at radius 1 is 1.06 bits per heavy atom. The van der Waals surface area contributed by atoms with Crippen LogP contribution in [0.5, 0.6) is 5.75 Å². The molecule has 2 aromatic carbocycles. The zero-order valence-electron chi connectivity index (χ0n) is 19.1. The summed E-state index contributed by atoms with van der Waals surface area (Å²) in [6.45, 7) is 2.83. The molecule has 4 aromatic rings. The number of phenols is 1. The number of alkyl halides is 3. The van der Waals surface area contributed by atoms with Crippen molar-refractivity contribution in [2.24, 2.45) is 0 Å². The van der Waals surface area contributed by atoms with E-state index in [-0.39, 0.29) is 16.8 Å². The van der Waals surface area contributed by atoms with E-state index in [0.29, 0.717) is 16.6 Å². The summed E-state index contributed by atoms with van der Waals surface area (Å²) in [5.41, 5.74) is -3.58. The lowest BCUT2D eigenvalue weighted by Gasteiger charge is -2.49. The normalized spacial score (nSPS) is 21.4. The summed E-state index contributed by atoms with van der Waals surface area (Å²) in [7, 11) is 0. The van der Waals surface area contributed by atoms with Gasteiger partial charge >= 0.3 is 6.18 Å². The van der Waals surface area contributed by atoms with E-state index in [0.717, 1.165) is 18.2 Å². The minimum atomic E-state index is -5.05. The van der Waals surface area contributed by atoms with Crippen LogP contribution in [0.15, 0.2) is 54.9 Å². The van der Waals surface area contributed by atoms with Gasteiger partial charge in [0.2, 0.25) is 5.95 Å². The number of hydrogen-bond donors (Lipinski definition) is 3. The Bertz CT molecular complexity index is 1470. The highest BCUT2D eigenvalue weighted by molar-refractivity contribution is 5.92. The van der Waals surface area contributed by atoms with Gasteiger partial charge in [-0.15, -0.1) is 0 Å². The number of aromatic hydroxyl groups is 1. The maximum atomic E-state index is 14.4. The fourth-order valence-electron chi connectivity index (χ4n) is 5.15. The van der Waals surface area contributed by atoms with Gasteiger partial charge in [0.25, 0.3) is 0 Å². The maximum absolute atomic E-state index is 14.4. The Balaban J connectivity index is 1.67. The Labute approximate surface area is 202 Å². The van der Waals surface area contributed by atoms with E-state index in [4.69, 9.17) is 0 Å². The van der Waals surface area contributed by atoms with Gasteiger partial charge in [0.05, 0.1) is 29.6 Å². The number of phenolic OH excluding ortho intramolecular Hbond substituents is 1. The van der Waals surface area contributed by atoms with Crippen LogP contribution in [0.25, 0.3) is 16.6 Å². The van der Waals surface area contributed by atoms with E-state index in [1.807, 2.05) is 0 Å². The van der Waals surface area contributed by atoms with Crippen LogP contribution in [0.2, 0.25) is 0 Å². The zero-order valence-corrected chi connectivity index (χ0v) is 19.1. The zero-order chi connectivity index (χ0) is 26.0. The Kier molecular flexibility index (Phi) is 5.26. The second kappa shape index (κ2) is 7.89. The van der Waals surface area contributed by atoms with Crippen LogP contribution in [-0.2, 0) is 5.41 Å². The van der Waals surface area contributed by atoms with Crippen molar-refractivity contribution in [2.75, 3.05) is 5.32 Å². The first-order chi connectivity index (χ1) is 16.8. The van der Waals surface area contributed by atoms with Gasteiger partial charge in [-0.2, -0.15) is 22.7 Å². The molecule has 36 heavy (non-hydrogen) atoms. The third kappa shape index (κ3) is 3.57. The first-order valence-electron chi connectivity index (χ1n) is 11.0. The molecule has 0 unspecified atom stereocenters. The average Bonchev–Trinajstić information content (AvgIpc) is 3.23. The molecule has 0 radical (unpaired) electrons. The Morgan fingerprint density at radius 2 is 1.81 bits per heavy atom. The van der Waals surface area contributed by atoms with Gasteiger partial charge in [0.15, 0.2) is 17.2 Å². The molecule has 188 valence electrons. The summed E-state index contributed by atoms with van der Waals surface area (Å²) in [4.78, 5) is 3.60. The van der Waals surface area contributed by atoms with Crippen LogP contribution < -0.4 is 5.32 Å². The van der Waals surface area contributed by atoms with Crippen LogP contribution in [0, 0.1) is 11.8 Å². The minimum Gasteiger partial charge on any atom is -0.505 e. The van der Waals surface area contributed by atoms with E-state index < -0.39 is 47.2 Å². The smallest absolute Gasteiger partial charge is 0.419 e. The van der Waals surface area contributed by atoms with Crippen molar-refractivity contribution in [3.8, 4) is 11.4 Å². The molecule has 1 aliphatic rings. The molecule has 6 nitrogen and oxygen atoms in total. The number of aliphatic hydroxyl groups is 1. The maximum Gasteiger partial charge on any atom is 0.419 e. The molecule has 0 saturated heterocycles. The fraction of sp³-hybridized carbons (Fsp3) is 0.280. The lowest BCUT2D eigenvalue weighted by molar-refractivity contribution is -0.276. The average molecular weight is 504 g/mol. The van der Waals surface area contributed by atoms with Crippen LogP contribution >= 0.6 is 0 Å². The van der Waals surface area contributed by atoms with Gasteiger partial charge in [0, 0.05) is 16.6 Å². The number of fused-ring (bicyclic) bond motifs is 2. The molecule has 0 saturated carbocycles. The molecule has 2 atom stereocenters. The van der Waals surface area contributed by atoms with Crippen LogP contribution in [0.3, 0.4) is 0 Å². The molecule has 0 amide bonds. The molecule has 2 aromatic heterocycles. The molecule has 11 heteroatoms. The number of anilines is 1. The van der Waals surface area contributed by atoms with Crippen molar-refractivity contribution in [3.05, 3.63) is 77.8 Å². The van der Waals surface area contributed by atoms with Gasteiger partial charge < -0.3 is 15.5 Å². The van der Waals surface area contributed by atoms with Gasteiger partial charge in [-0.3, -0.25) is 0 Å². The van der Waals surface area contributed by atoms with Gasteiger partial charge in [0.1, 0.15) is 0 Å². The van der Waals surface area contributed by atoms with E-state index in [1.165, 1.54) is 43.1 Å². The van der Waals surface area contributed by atoms with Gasteiger partial charge in [-0.25, -0.2) is 14.1 Å². The van der Waals surface area contributed by atoms with E-state index in [1.54, 1.807) is 12.1 Å². The molecule has 0 spiro atoms. The molecule has 0 bridgehead atoms. The largest absolute Gasteiger partial charge is 0.505 e. The molecule has 2 heterocycles. The Morgan fingerprint density at radius 3 is 2.47 bits per heavy atom. The van der Waals surface area contributed by atoms with E-state index >= 15 is 0 Å². The van der Waals surface area contributed by atoms with Gasteiger partial charge in [-0.1, -0.05) is 26.0 Å². The highest BCUT2D eigenvalue weighted by atomic mass is 19.4. The molecule has 0 fully saturated rings. The van der Waals surface area contributed by atoms with Crippen molar-refractivity contribution < 1.29 is 32.2 Å². The number of halogens is 5. The third-order valence-corrected chi connectivity index (χ3v) is 6.70. The number of aromatic nitrogens is 3. The monoisotopic (exact) mass is 504 g/mol. The topological polar surface area (TPSA) is 83.2 Å². The number of nitrogens with zero attached hydrogens (tertiary/aromatic N) is 3. The van der Waals surface area contributed by atoms with Crippen molar-refractivity contribution >= 4 is 16.6 Å². The molecule has 0 aliphatic heterocycles. The molecular formula is C25H21F5N4O2. The molecule has 5 rings (SSSR count). The summed E-state index contributed by atoms with van der Waals surface area (Å²) in [6.07, 6.45) is -3.19. The second-order valence-electron chi connectivity index (χ2n) is 9.55. The highest BCUT2D eigenvalue weighted by Gasteiger charge is 2.64. The van der Waals surface area contributed by atoms with Crippen LogP contribution in [-0.4, -0.2) is 36.8 Å². The summed E-state index contributed by atoms with van der Waals surface area (Å²) >= 11 is 0. The SMILES string of the molecule is CC1(C)C[C@](O)(C(F)(F)F)[C@@H](Nc2cccc3c2cnn3-c2ccc(F)nc2)c2ccc(F)c(O)c21. The molecular weight excluding hydrogens is 483 g/mol.